The van der Waals surface area contributed by atoms with Crippen LogP contribution in [0.15, 0.2) is 9.59 Å². The predicted molar refractivity (Wildman–Crippen MR) is 65.5 cm³/mol. The Morgan fingerprint density at radius 2 is 2.00 bits per heavy atom. The third-order valence-electron chi connectivity index (χ3n) is 2.89. The molecule has 0 amide bonds. The van der Waals surface area contributed by atoms with Crippen LogP contribution in [0.1, 0.15) is 12.7 Å². The van der Waals surface area contributed by atoms with Crippen molar-refractivity contribution in [1.29, 1.82) is 0 Å². The highest BCUT2D eigenvalue weighted by molar-refractivity contribution is 5.69. The zero-order chi connectivity index (χ0) is 13.4. The SMILES string of the molecule is CC(C=O)Cc1nc2c([nH]1)c(=O)n(C)c(=O)n2C. The summed E-state index contributed by atoms with van der Waals surface area (Å²) in [7, 11) is 2.97. The Bertz CT molecular complexity index is 722. The van der Waals surface area contributed by atoms with Gasteiger partial charge in [-0.3, -0.25) is 13.9 Å². The Labute approximate surface area is 102 Å². The number of carbonyl (C=O) groups is 1. The molecule has 0 spiro atoms. The Morgan fingerprint density at radius 3 is 2.61 bits per heavy atom. The van der Waals surface area contributed by atoms with Crippen LogP contribution in [0.5, 0.6) is 0 Å². The molecule has 18 heavy (non-hydrogen) atoms. The van der Waals surface area contributed by atoms with E-state index in [1.807, 2.05) is 0 Å². The minimum atomic E-state index is -0.422. The van der Waals surface area contributed by atoms with Gasteiger partial charge in [-0.05, 0) is 0 Å². The van der Waals surface area contributed by atoms with E-state index in [4.69, 9.17) is 0 Å². The Kier molecular flexibility index (Phi) is 2.90. The van der Waals surface area contributed by atoms with E-state index in [1.165, 1.54) is 11.6 Å². The maximum Gasteiger partial charge on any atom is 0.332 e. The molecule has 2 aromatic heterocycles. The van der Waals surface area contributed by atoms with Gasteiger partial charge in [0.05, 0.1) is 0 Å². The van der Waals surface area contributed by atoms with E-state index in [2.05, 4.69) is 9.97 Å². The fourth-order valence-electron chi connectivity index (χ4n) is 1.82. The number of aryl methyl sites for hydroxylation is 1. The van der Waals surface area contributed by atoms with Gasteiger partial charge in [-0.1, -0.05) is 6.92 Å². The summed E-state index contributed by atoms with van der Waals surface area (Å²) in [6.45, 7) is 1.76. The normalized spacial score (nSPS) is 12.8. The van der Waals surface area contributed by atoms with Crippen LogP contribution in [0.2, 0.25) is 0 Å². The standard InChI is InChI=1S/C11H14N4O3/c1-6(5-16)4-7-12-8-9(13-7)14(2)11(18)15(3)10(8)17/h5-6H,4H2,1-3H3,(H,12,13). The number of imidazole rings is 1. The molecule has 0 saturated heterocycles. The summed E-state index contributed by atoms with van der Waals surface area (Å²) in [6, 6.07) is 0. The largest absolute Gasteiger partial charge is 0.336 e. The molecule has 0 saturated carbocycles. The van der Waals surface area contributed by atoms with E-state index in [-0.39, 0.29) is 11.4 Å². The first-order valence-electron chi connectivity index (χ1n) is 5.55. The number of nitrogens with zero attached hydrogens (tertiary/aromatic N) is 3. The molecule has 0 aromatic carbocycles. The van der Waals surface area contributed by atoms with Crippen LogP contribution in [-0.2, 0) is 25.3 Å². The average molecular weight is 250 g/mol. The number of aromatic amines is 1. The van der Waals surface area contributed by atoms with E-state index in [9.17, 15) is 14.4 Å². The Balaban J connectivity index is 2.69. The van der Waals surface area contributed by atoms with Gasteiger partial charge in [-0.2, -0.15) is 0 Å². The van der Waals surface area contributed by atoms with Gasteiger partial charge in [-0.15, -0.1) is 0 Å². The first-order chi connectivity index (χ1) is 8.45. The number of H-pyrrole nitrogens is 1. The van der Waals surface area contributed by atoms with Crippen molar-refractivity contribution in [3.05, 3.63) is 26.7 Å². The molecule has 0 aliphatic heterocycles. The van der Waals surface area contributed by atoms with Crippen molar-refractivity contribution in [3.63, 3.8) is 0 Å². The van der Waals surface area contributed by atoms with Gasteiger partial charge in [0.15, 0.2) is 5.65 Å². The Morgan fingerprint density at radius 1 is 1.33 bits per heavy atom. The summed E-state index contributed by atoms with van der Waals surface area (Å²) in [5, 5.41) is 0. The number of fused-ring (bicyclic) bond motifs is 1. The second-order valence-electron chi connectivity index (χ2n) is 4.41. The van der Waals surface area contributed by atoms with Crippen LogP contribution in [0.3, 0.4) is 0 Å². The summed E-state index contributed by atoms with van der Waals surface area (Å²) in [6.07, 6.45) is 1.24. The van der Waals surface area contributed by atoms with Crippen molar-refractivity contribution < 1.29 is 4.79 Å². The van der Waals surface area contributed by atoms with Crippen molar-refractivity contribution in [2.75, 3.05) is 0 Å². The molecular formula is C11H14N4O3. The molecule has 0 fully saturated rings. The molecule has 0 aliphatic rings. The molecule has 0 aliphatic carbocycles. The van der Waals surface area contributed by atoms with Gasteiger partial charge in [0.1, 0.15) is 17.6 Å². The van der Waals surface area contributed by atoms with E-state index < -0.39 is 11.2 Å². The van der Waals surface area contributed by atoms with Crippen LogP contribution < -0.4 is 11.2 Å². The number of carbonyl (C=O) groups excluding carboxylic acids is 1. The number of aromatic nitrogens is 4. The van der Waals surface area contributed by atoms with Gasteiger partial charge in [0.2, 0.25) is 0 Å². The molecule has 0 radical (unpaired) electrons. The summed E-state index contributed by atoms with van der Waals surface area (Å²) < 4.78 is 2.33. The molecule has 96 valence electrons. The highest BCUT2D eigenvalue weighted by atomic mass is 16.2. The third-order valence-corrected chi connectivity index (χ3v) is 2.89. The smallest absolute Gasteiger partial charge is 0.332 e. The lowest BCUT2D eigenvalue weighted by atomic mass is 10.1. The maximum absolute atomic E-state index is 11.9. The quantitative estimate of drug-likeness (QED) is 0.732. The zero-order valence-corrected chi connectivity index (χ0v) is 10.4. The summed E-state index contributed by atoms with van der Waals surface area (Å²) in [4.78, 5) is 41.3. The van der Waals surface area contributed by atoms with Crippen molar-refractivity contribution in [1.82, 2.24) is 19.1 Å². The van der Waals surface area contributed by atoms with Gasteiger partial charge < -0.3 is 9.78 Å². The van der Waals surface area contributed by atoms with Gasteiger partial charge in [0.25, 0.3) is 5.56 Å². The van der Waals surface area contributed by atoms with E-state index in [1.54, 1.807) is 14.0 Å². The molecular weight excluding hydrogens is 236 g/mol. The third kappa shape index (κ3) is 1.77. The predicted octanol–water partition coefficient (Wildman–Crippen LogP) is -0.662. The molecule has 0 bridgehead atoms. The lowest BCUT2D eigenvalue weighted by Crippen LogP contribution is -2.36. The van der Waals surface area contributed by atoms with Crippen molar-refractivity contribution in [2.45, 2.75) is 13.3 Å². The fraction of sp³-hybridized carbons (Fsp3) is 0.455. The Hall–Kier alpha value is -2.18. The number of nitrogens with one attached hydrogen (secondary N) is 1. The van der Waals surface area contributed by atoms with Crippen LogP contribution >= 0.6 is 0 Å². The number of rotatable bonds is 3. The van der Waals surface area contributed by atoms with E-state index in [0.29, 0.717) is 17.9 Å². The molecule has 2 rings (SSSR count). The lowest BCUT2D eigenvalue weighted by molar-refractivity contribution is -0.110. The highest BCUT2D eigenvalue weighted by Gasteiger charge is 2.14. The van der Waals surface area contributed by atoms with Gasteiger partial charge >= 0.3 is 5.69 Å². The lowest BCUT2D eigenvalue weighted by Gasteiger charge is -2.00. The van der Waals surface area contributed by atoms with Crippen LogP contribution in [0.4, 0.5) is 0 Å². The minimum absolute atomic E-state index is 0.188. The molecule has 7 heteroatoms. The van der Waals surface area contributed by atoms with Crippen LogP contribution in [0.25, 0.3) is 11.2 Å². The number of aldehydes is 1. The van der Waals surface area contributed by atoms with E-state index >= 15 is 0 Å². The second-order valence-corrected chi connectivity index (χ2v) is 4.41. The highest BCUT2D eigenvalue weighted by Crippen LogP contribution is 2.07. The fourth-order valence-corrected chi connectivity index (χ4v) is 1.82. The second kappa shape index (κ2) is 4.25. The summed E-state index contributed by atoms with van der Waals surface area (Å²) in [5.74, 6) is 0.342. The average Bonchev–Trinajstić information content (AvgIpc) is 2.77. The minimum Gasteiger partial charge on any atom is -0.336 e. The molecule has 2 heterocycles. The van der Waals surface area contributed by atoms with Crippen molar-refractivity contribution >= 4 is 17.5 Å². The molecule has 1 unspecified atom stereocenters. The summed E-state index contributed by atoms with van der Waals surface area (Å²) in [5.41, 5.74) is -0.233. The van der Waals surface area contributed by atoms with Gasteiger partial charge in [-0.25, -0.2) is 9.78 Å². The first-order valence-corrected chi connectivity index (χ1v) is 5.55. The summed E-state index contributed by atoms with van der Waals surface area (Å²) >= 11 is 0. The maximum atomic E-state index is 11.9. The van der Waals surface area contributed by atoms with Crippen LogP contribution in [-0.4, -0.2) is 25.4 Å². The number of hydrogen-bond acceptors (Lipinski definition) is 4. The zero-order valence-electron chi connectivity index (χ0n) is 10.4. The first kappa shape index (κ1) is 12.3. The van der Waals surface area contributed by atoms with E-state index in [0.717, 1.165) is 10.9 Å². The van der Waals surface area contributed by atoms with Gasteiger partial charge in [0, 0.05) is 26.4 Å². The monoisotopic (exact) mass is 250 g/mol. The van der Waals surface area contributed by atoms with Crippen molar-refractivity contribution in [2.24, 2.45) is 20.0 Å². The molecule has 7 nitrogen and oxygen atoms in total. The number of hydrogen-bond donors (Lipinski definition) is 1. The van der Waals surface area contributed by atoms with Crippen LogP contribution in [0, 0.1) is 5.92 Å². The molecule has 2 aromatic rings. The van der Waals surface area contributed by atoms with Crippen molar-refractivity contribution in [3.8, 4) is 0 Å². The molecule has 1 N–H and O–H groups in total. The molecule has 1 atom stereocenters. The topological polar surface area (TPSA) is 89.8 Å².